The number of nitrogens with zero attached hydrogens (tertiary/aromatic N) is 2. The Hall–Kier alpha value is -1.13. The minimum Gasteiger partial charge on any atom is -0.372 e. The van der Waals surface area contributed by atoms with Crippen LogP contribution in [0, 0.1) is 11.7 Å². The lowest BCUT2D eigenvalue weighted by Crippen LogP contribution is -2.40. The van der Waals surface area contributed by atoms with E-state index >= 15 is 0 Å². The minimum atomic E-state index is -0.134. The van der Waals surface area contributed by atoms with Crippen molar-refractivity contribution < 1.29 is 4.39 Å². The standard InChI is InChI=1S/C15H24FN3/c1-18(15-5-3-2-4-14(15)16)12-13-6-9-19(10-7-13)11-8-17/h2-5,13H,6-12,17H2,1H3. The second-order valence-electron chi connectivity index (χ2n) is 5.41. The zero-order valence-electron chi connectivity index (χ0n) is 11.7. The number of piperidine rings is 1. The van der Waals surface area contributed by atoms with E-state index in [0.29, 0.717) is 11.6 Å². The molecule has 0 aromatic heterocycles. The molecule has 2 N–H and O–H groups in total. The number of rotatable bonds is 5. The highest BCUT2D eigenvalue weighted by Crippen LogP contribution is 2.22. The van der Waals surface area contributed by atoms with Crippen LogP contribution in [-0.4, -0.2) is 44.7 Å². The van der Waals surface area contributed by atoms with E-state index in [1.54, 1.807) is 6.07 Å². The Morgan fingerprint density at radius 2 is 2.00 bits per heavy atom. The van der Waals surface area contributed by atoms with Gasteiger partial charge in [0.05, 0.1) is 5.69 Å². The van der Waals surface area contributed by atoms with Crippen molar-refractivity contribution in [3.8, 4) is 0 Å². The molecular formula is C15H24FN3. The smallest absolute Gasteiger partial charge is 0.146 e. The lowest BCUT2D eigenvalue weighted by molar-refractivity contribution is 0.191. The monoisotopic (exact) mass is 265 g/mol. The van der Waals surface area contributed by atoms with E-state index in [1.165, 1.54) is 18.9 Å². The molecule has 0 saturated carbocycles. The van der Waals surface area contributed by atoms with E-state index in [-0.39, 0.29) is 5.82 Å². The molecule has 1 fully saturated rings. The van der Waals surface area contributed by atoms with E-state index in [0.717, 1.165) is 32.7 Å². The summed E-state index contributed by atoms with van der Waals surface area (Å²) in [5.41, 5.74) is 6.28. The Morgan fingerprint density at radius 1 is 1.32 bits per heavy atom. The molecule has 0 amide bonds. The quantitative estimate of drug-likeness (QED) is 0.883. The Labute approximate surface area is 115 Å². The van der Waals surface area contributed by atoms with Gasteiger partial charge in [-0.15, -0.1) is 0 Å². The molecular weight excluding hydrogens is 241 g/mol. The fraction of sp³-hybridized carbons (Fsp3) is 0.600. The number of para-hydroxylation sites is 1. The predicted octanol–water partition coefficient (Wildman–Crippen LogP) is 1.93. The summed E-state index contributed by atoms with van der Waals surface area (Å²) in [6.45, 7) is 4.90. The van der Waals surface area contributed by atoms with Gasteiger partial charge in [-0.2, -0.15) is 0 Å². The van der Waals surface area contributed by atoms with Crippen LogP contribution in [0.25, 0.3) is 0 Å². The van der Waals surface area contributed by atoms with Crippen molar-refractivity contribution >= 4 is 5.69 Å². The maximum atomic E-state index is 13.7. The lowest BCUT2D eigenvalue weighted by atomic mass is 9.96. The summed E-state index contributed by atoms with van der Waals surface area (Å²) in [5.74, 6) is 0.518. The fourth-order valence-electron chi connectivity index (χ4n) is 2.82. The van der Waals surface area contributed by atoms with Crippen molar-refractivity contribution in [3.05, 3.63) is 30.1 Å². The van der Waals surface area contributed by atoms with Crippen LogP contribution in [0.15, 0.2) is 24.3 Å². The summed E-state index contributed by atoms with van der Waals surface area (Å²) in [6, 6.07) is 6.99. The van der Waals surface area contributed by atoms with Crippen molar-refractivity contribution in [2.45, 2.75) is 12.8 Å². The maximum absolute atomic E-state index is 13.7. The number of nitrogens with two attached hydrogens (primary N) is 1. The first-order valence-corrected chi connectivity index (χ1v) is 7.09. The highest BCUT2D eigenvalue weighted by atomic mass is 19.1. The number of hydrogen-bond donors (Lipinski definition) is 1. The number of anilines is 1. The Kier molecular flexibility index (Phi) is 5.16. The van der Waals surface area contributed by atoms with Crippen LogP contribution in [0.3, 0.4) is 0 Å². The van der Waals surface area contributed by atoms with Gasteiger partial charge in [-0.05, 0) is 44.0 Å². The van der Waals surface area contributed by atoms with E-state index in [2.05, 4.69) is 4.90 Å². The third kappa shape index (κ3) is 3.91. The third-order valence-electron chi connectivity index (χ3n) is 3.95. The first kappa shape index (κ1) is 14.3. The predicted molar refractivity (Wildman–Crippen MR) is 77.9 cm³/mol. The van der Waals surface area contributed by atoms with Crippen molar-refractivity contribution in [2.24, 2.45) is 11.7 Å². The van der Waals surface area contributed by atoms with Crippen molar-refractivity contribution in [1.82, 2.24) is 4.90 Å². The van der Waals surface area contributed by atoms with Gasteiger partial charge in [0, 0.05) is 26.7 Å². The molecule has 2 rings (SSSR count). The topological polar surface area (TPSA) is 32.5 Å². The van der Waals surface area contributed by atoms with Crippen LogP contribution in [0.4, 0.5) is 10.1 Å². The molecule has 1 aromatic rings. The number of halogens is 1. The average molecular weight is 265 g/mol. The number of hydrogen-bond acceptors (Lipinski definition) is 3. The van der Waals surface area contributed by atoms with E-state index in [9.17, 15) is 4.39 Å². The van der Waals surface area contributed by atoms with Gasteiger partial charge in [-0.1, -0.05) is 12.1 Å². The summed E-state index contributed by atoms with van der Waals surface area (Å²) >= 11 is 0. The first-order valence-electron chi connectivity index (χ1n) is 7.09. The molecule has 1 aromatic carbocycles. The molecule has 0 radical (unpaired) electrons. The number of likely N-dealkylation sites (tertiary alicyclic amines) is 1. The summed E-state index contributed by atoms with van der Waals surface area (Å²) in [7, 11) is 1.98. The summed E-state index contributed by atoms with van der Waals surface area (Å²) in [5, 5.41) is 0. The highest BCUT2D eigenvalue weighted by Gasteiger charge is 2.20. The van der Waals surface area contributed by atoms with E-state index in [4.69, 9.17) is 5.73 Å². The zero-order valence-corrected chi connectivity index (χ0v) is 11.7. The number of benzene rings is 1. The second-order valence-corrected chi connectivity index (χ2v) is 5.41. The average Bonchev–Trinajstić information content (AvgIpc) is 2.42. The maximum Gasteiger partial charge on any atom is 0.146 e. The van der Waals surface area contributed by atoms with Gasteiger partial charge < -0.3 is 15.5 Å². The van der Waals surface area contributed by atoms with E-state index < -0.39 is 0 Å². The summed E-state index contributed by atoms with van der Waals surface area (Å²) in [6.07, 6.45) is 2.36. The lowest BCUT2D eigenvalue weighted by Gasteiger charge is -2.34. The molecule has 106 valence electrons. The van der Waals surface area contributed by atoms with Crippen LogP contribution in [0.2, 0.25) is 0 Å². The van der Waals surface area contributed by atoms with Crippen LogP contribution in [-0.2, 0) is 0 Å². The fourth-order valence-corrected chi connectivity index (χ4v) is 2.82. The molecule has 0 unspecified atom stereocenters. The molecule has 1 saturated heterocycles. The van der Waals surface area contributed by atoms with Gasteiger partial charge in [0.1, 0.15) is 5.82 Å². The molecule has 4 heteroatoms. The Bertz CT molecular complexity index is 389. The molecule has 0 aliphatic carbocycles. The molecule has 19 heavy (non-hydrogen) atoms. The van der Waals surface area contributed by atoms with Gasteiger partial charge in [0.25, 0.3) is 0 Å². The summed E-state index contributed by atoms with van der Waals surface area (Å²) in [4.78, 5) is 4.46. The molecule has 1 aliphatic heterocycles. The summed E-state index contributed by atoms with van der Waals surface area (Å²) < 4.78 is 13.7. The molecule has 1 aliphatic rings. The van der Waals surface area contributed by atoms with Crippen LogP contribution < -0.4 is 10.6 Å². The molecule has 1 heterocycles. The first-order chi connectivity index (χ1) is 9.20. The largest absolute Gasteiger partial charge is 0.372 e. The second kappa shape index (κ2) is 6.87. The van der Waals surface area contributed by atoms with Gasteiger partial charge >= 0.3 is 0 Å². The normalized spacial score (nSPS) is 17.6. The molecule has 3 nitrogen and oxygen atoms in total. The van der Waals surface area contributed by atoms with Gasteiger partial charge in [0.15, 0.2) is 0 Å². The van der Waals surface area contributed by atoms with Crippen molar-refractivity contribution in [2.75, 3.05) is 44.7 Å². The van der Waals surface area contributed by atoms with Crippen LogP contribution in [0.5, 0.6) is 0 Å². The minimum absolute atomic E-state index is 0.134. The van der Waals surface area contributed by atoms with Gasteiger partial charge in [-0.25, -0.2) is 4.39 Å². The Morgan fingerprint density at radius 3 is 2.63 bits per heavy atom. The Balaban J connectivity index is 1.84. The molecule has 0 bridgehead atoms. The van der Waals surface area contributed by atoms with Crippen molar-refractivity contribution in [1.29, 1.82) is 0 Å². The van der Waals surface area contributed by atoms with Crippen molar-refractivity contribution in [3.63, 3.8) is 0 Å². The van der Waals surface area contributed by atoms with Gasteiger partial charge in [0.2, 0.25) is 0 Å². The molecule has 0 spiro atoms. The molecule has 0 atom stereocenters. The SMILES string of the molecule is CN(CC1CCN(CCN)CC1)c1ccccc1F. The van der Waals surface area contributed by atoms with Crippen LogP contribution in [0.1, 0.15) is 12.8 Å². The van der Waals surface area contributed by atoms with E-state index in [1.807, 2.05) is 24.1 Å². The van der Waals surface area contributed by atoms with Crippen LogP contribution >= 0.6 is 0 Å². The highest BCUT2D eigenvalue weighted by molar-refractivity contribution is 5.46. The third-order valence-corrected chi connectivity index (χ3v) is 3.95. The van der Waals surface area contributed by atoms with Gasteiger partial charge in [-0.3, -0.25) is 0 Å². The zero-order chi connectivity index (χ0) is 13.7.